The minimum absolute atomic E-state index is 0.0295. The molecular weight excluding hydrogens is 418 g/mol. The van der Waals surface area contributed by atoms with Crippen LogP contribution in [0.15, 0.2) is 27.2 Å². The number of rotatable bonds is 5. The number of aromatic nitrogens is 4. The summed E-state index contributed by atoms with van der Waals surface area (Å²) < 4.78 is 7.72. The Balaban J connectivity index is 1.60. The first-order valence-corrected chi connectivity index (χ1v) is 11.1. The Morgan fingerprint density at radius 2 is 2.00 bits per heavy atom. The maximum Gasteiger partial charge on any atom is 0.332 e. The second kappa shape index (κ2) is 8.72. The summed E-state index contributed by atoms with van der Waals surface area (Å²) in [6.07, 6.45) is 1.55. The van der Waals surface area contributed by atoms with Crippen molar-refractivity contribution in [2.45, 2.75) is 32.2 Å². The van der Waals surface area contributed by atoms with Crippen molar-refractivity contribution in [2.24, 2.45) is 7.05 Å². The van der Waals surface area contributed by atoms with Crippen molar-refractivity contribution >= 4 is 28.3 Å². The van der Waals surface area contributed by atoms with Crippen LogP contribution in [0.5, 0.6) is 0 Å². The first kappa shape index (κ1) is 21.4. The summed E-state index contributed by atoms with van der Waals surface area (Å²) in [5.41, 5.74) is 2.94. The minimum atomic E-state index is -0.403. The van der Waals surface area contributed by atoms with Crippen LogP contribution < -0.4 is 11.2 Å². The van der Waals surface area contributed by atoms with E-state index < -0.39 is 5.69 Å². The number of methoxy groups -OCH3 is 1. The van der Waals surface area contributed by atoms with Crippen molar-refractivity contribution in [3.8, 4) is 0 Å². The Labute approximate surface area is 182 Å². The van der Waals surface area contributed by atoms with E-state index in [1.165, 1.54) is 23.0 Å². The van der Waals surface area contributed by atoms with Gasteiger partial charge in [0, 0.05) is 38.9 Å². The summed E-state index contributed by atoms with van der Waals surface area (Å²) >= 11 is 1.37. The molecule has 9 nitrogen and oxygen atoms in total. The smallest absolute Gasteiger partial charge is 0.332 e. The average molecular weight is 444 g/mol. The Bertz CT molecular complexity index is 1240. The molecular formula is C21H25N5O4S. The second-order valence-corrected chi connectivity index (χ2v) is 8.59. The van der Waals surface area contributed by atoms with Crippen LogP contribution in [0.1, 0.15) is 39.8 Å². The quantitative estimate of drug-likeness (QED) is 0.593. The van der Waals surface area contributed by atoms with Gasteiger partial charge in [0.2, 0.25) is 0 Å². The number of amides is 1. The van der Waals surface area contributed by atoms with E-state index in [1.807, 2.05) is 17.9 Å². The second-order valence-electron chi connectivity index (χ2n) is 7.73. The van der Waals surface area contributed by atoms with E-state index in [2.05, 4.69) is 4.98 Å². The average Bonchev–Trinajstić information content (AvgIpc) is 3.22. The number of thiazole rings is 1. The van der Waals surface area contributed by atoms with Gasteiger partial charge in [-0.1, -0.05) is 0 Å². The third-order valence-corrected chi connectivity index (χ3v) is 6.78. The van der Waals surface area contributed by atoms with Gasteiger partial charge in [-0.25, -0.2) is 14.8 Å². The zero-order chi connectivity index (χ0) is 22.1. The molecule has 1 aliphatic heterocycles. The zero-order valence-corrected chi connectivity index (χ0v) is 18.6. The predicted molar refractivity (Wildman–Crippen MR) is 118 cm³/mol. The molecule has 4 heterocycles. The van der Waals surface area contributed by atoms with Crippen LogP contribution in [-0.4, -0.2) is 56.7 Å². The van der Waals surface area contributed by atoms with Crippen LogP contribution in [0.2, 0.25) is 0 Å². The highest BCUT2D eigenvalue weighted by atomic mass is 32.1. The van der Waals surface area contributed by atoms with Gasteiger partial charge in [-0.05, 0) is 31.9 Å². The highest BCUT2D eigenvalue weighted by Gasteiger charge is 2.27. The summed E-state index contributed by atoms with van der Waals surface area (Å²) in [4.78, 5) is 49.4. The van der Waals surface area contributed by atoms with Crippen molar-refractivity contribution in [1.29, 1.82) is 0 Å². The van der Waals surface area contributed by atoms with Gasteiger partial charge in [0.15, 0.2) is 0 Å². The van der Waals surface area contributed by atoms with Crippen molar-refractivity contribution in [1.82, 2.24) is 24.0 Å². The molecule has 1 amide bonds. The molecule has 0 N–H and O–H groups in total. The lowest BCUT2D eigenvalue weighted by Crippen LogP contribution is -2.39. The Morgan fingerprint density at radius 3 is 2.65 bits per heavy atom. The molecule has 3 aromatic heterocycles. The summed E-state index contributed by atoms with van der Waals surface area (Å²) in [6.45, 7) is 3.78. The lowest BCUT2D eigenvalue weighted by molar-refractivity contribution is 0.0716. The fraction of sp³-hybridized carbons (Fsp3) is 0.476. The largest absolute Gasteiger partial charge is 0.383 e. The van der Waals surface area contributed by atoms with Gasteiger partial charge >= 0.3 is 5.69 Å². The van der Waals surface area contributed by atoms with E-state index in [0.29, 0.717) is 42.2 Å². The molecule has 3 aromatic rings. The number of ether oxygens (including phenoxy) is 1. The lowest BCUT2D eigenvalue weighted by atomic mass is 9.92. The van der Waals surface area contributed by atoms with Gasteiger partial charge in [0.25, 0.3) is 11.5 Å². The zero-order valence-electron chi connectivity index (χ0n) is 17.8. The number of hydrogen-bond donors (Lipinski definition) is 0. The van der Waals surface area contributed by atoms with Crippen LogP contribution in [-0.2, 0) is 18.3 Å². The maximum absolute atomic E-state index is 12.7. The molecule has 0 aliphatic carbocycles. The molecule has 0 aromatic carbocycles. The molecule has 164 valence electrons. The summed E-state index contributed by atoms with van der Waals surface area (Å²) in [5.74, 6) is 0.188. The first-order chi connectivity index (χ1) is 14.9. The minimum Gasteiger partial charge on any atom is -0.383 e. The lowest BCUT2D eigenvalue weighted by Gasteiger charge is -2.31. The fourth-order valence-corrected chi connectivity index (χ4v) is 4.78. The Kier molecular flexibility index (Phi) is 6.01. The molecule has 0 atom stereocenters. The number of aryl methyl sites for hydroxylation is 1. The Hall–Kier alpha value is -2.85. The highest BCUT2D eigenvalue weighted by Crippen LogP contribution is 2.29. The normalized spacial score (nSPS) is 15.0. The van der Waals surface area contributed by atoms with Crippen LogP contribution in [0.25, 0.3) is 11.0 Å². The van der Waals surface area contributed by atoms with Gasteiger partial charge < -0.3 is 9.64 Å². The third kappa shape index (κ3) is 3.92. The third-order valence-electron chi connectivity index (χ3n) is 5.86. The number of nitrogens with zero attached hydrogens (tertiary/aromatic N) is 5. The number of piperidine rings is 1. The van der Waals surface area contributed by atoms with Gasteiger partial charge in [-0.2, -0.15) is 0 Å². The van der Waals surface area contributed by atoms with E-state index in [-0.39, 0.29) is 17.4 Å². The molecule has 31 heavy (non-hydrogen) atoms. The van der Waals surface area contributed by atoms with Crippen molar-refractivity contribution in [3.05, 3.63) is 54.7 Å². The van der Waals surface area contributed by atoms with Gasteiger partial charge in [-0.3, -0.25) is 18.7 Å². The molecule has 0 spiro atoms. The van der Waals surface area contributed by atoms with E-state index in [0.717, 1.165) is 28.8 Å². The summed E-state index contributed by atoms with van der Waals surface area (Å²) in [7, 11) is 3.04. The molecule has 0 radical (unpaired) electrons. The number of carbonyl (C=O) groups is 1. The molecule has 1 fully saturated rings. The van der Waals surface area contributed by atoms with E-state index in [9.17, 15) is 14.4 Å². The molecule has 10 heteroatoms. The number of likely N-dealkylation sites (tertiary alicyclic amines) is 1. The molecule has 0 saturated carbocycles. The van der Waals surface area contributed by atoms with E-state index in [4.69, 9.17) is 9.72 Å². The van der Waals surface area contributed by atoms with Gasteiger partial charge in [0.05, 0.1) is 29.7 Å². The molecule has 1 saturated heterocycles. The number of pyridine rings is 1. The number of hydrogen-bond acceptors (Lipinski definition) is 7. The highest BCUT2D eigenvalue weighted by molar-refractivity contribution is 7.11. The van der Waals surface area contributed by atoms with Crippen LogP contribution in [0.4, 0.5) is 0 Å². The van der Waals surface area contributed by atoms with Gasteiger partial charge in [0.1, 0.15) is 10.5 Å². The molecule has 0 unspecified atom stereocenters. The summed E-state index contributed by atoms with van der Waals surface area (Å²) in [6, 6.07) is 3.62. The SMILES string of the molecule is COCCn1c(=O)n(C)c(=O)c2ccc(C3CCN(C(=O)c4scnc4C)CC3)nc21. The molecule has 1 aliphatic rings. The predicted octanol–water partition coefficient (Wildman–Crippen LogP) is 1.53. The number of carbonyl (C=O) groups excluding carboxylic acids is 1. The van der Waals surface area contributed by atoms with Crippen LogP contribution in [0.3, 0.4) is 0 Å². The van der Waals surface area contributed by atoms with Crippen LogP contribution in [0, 0.1) is 6.92 Å². The summed E-state index contributed by atoms with van der Waals surface area (Å²) in [5, 5.41) is 0.412. The maximum atomic E-state index is 12.7. The van der Waals surface area contributed by atoms with Crippen molar-refractivity contribution in [3.63, 3.8) is 0 Å². The van der Waals surface area contributed by atoms with Crippen molar-refractivity contribution < 1.29 is 9.53 Å². The molecule has 0 bridgehead atoms. The fourth-order valence-electron chi connectivity index (χ4n) is 4.02. The Morgan fingerprint density at radius 1 is 1.26 bits per heavy atom. The standard InChI is InChI=1S/C21H25N5O4S/c1-13-17(31-12-22-13)20(28)25-8-6-14(7-9-25)16-5-4-15-18(23-16)26(10-11-30-3)21(29)24(2)19(15)27/h4-5,12,14H,6-11H2,1-3H3. The van der Waals surface area contributed by atoms with Crippen molar-refractivity contribution in [2.75, 3.05) is 26.8 Å². The van der Waals surface area contributed by atoms with Crippen LogP contribution >= 0.6 is 11.3 Å². The molecule has 4 rings (SSSR count). The van der Waals surface area contributed by atoms with E-state index >= 15 is 0 Å². The monoisotopic (exact) mass is 443 g/mol. The van der Waals surface area contributed by atoms with Gasteiger partial charge in [-0.15, -0.1) is 11.3 Å². The topological polar surface area (TPSA) is 99.3 Å². The van der Waals surface area contributed by atoms with E-state index in [1.54, 1.807) is 18.7 Å². The number of fused-ring (bicyclic) bond motifs is 1. The first-order valence-electron chi connectivity index (χ1n) is 10.2.